The lowest BCUT2D eigenvalue weighted by molar-refractivity contribution is 0.162. The molecule has 0 radical (unpaired) electrons. The van der Waals surface area contributed by atoms with Gasteiger partial charge < -0.3 is 10.4 Å². The lowest BCUT2D eigenvalue weighted by Gasteiger charge is -2.35. The number of nitrogens with zero attached hydrogens (tertiary/aromatic N) is 1. The molecule has 1 aromatic rings. The van der Waals surface area contributed by atoms with Crippen molar-refractivity contribution in [3.63, 3.8) is 0 Å². The summed E-state index contributed by atoms with van der Waals surface area (Å²) in [5.41, 5.74) is 0.732. The van der Waals surface area contributed by atoms with E-state index in [-0.39, 0.29) is 16.8 Å². The normalized spacial score (nSPS) is 18.5. The molecule has 106 valence electrons. The van der Waals surface area contributed by atoms with Gasteiger partial charge in [-0.2, -0.15) is 0 Å². The molecule has 0 aromatic heterocycles. The fourth-order valence-electron chi connectivity index (χ4n) is 2.63. The van der Waals surface area contributed by atoms with Gasteiger partial charge in [-0.15, -0.1) is 0 Å². The Morgan fingerprint density at radius 2 is 2.11 bits per heavy atom. The predicted octanol–water partition coefficient (Wildman–Crippen LogP) is 2.93. The maximum Gasteiger partial charge on any atom is 0.145 e. The molecule has 2 N–H and O–H groups in total. The third kappa shape index (κ3) is 3.19. The van der Waals surface area contributed by atoms with Crippen LogP contribution in [0.2, 0.25) is 5.02 Å². The molecule has 1 aliphatic rings. The number of phenols is 1. The molecular formula is C14H20ClFN2O. The van der Waals surface area contributed by atoms with Gasteiger partial charge in [-0.25, -0.2) is 4.39 Å². The first-order valence-electron chi connectivity index (χ1n) is 6.76. The SMILES string of the molecule is CCC[C@H](c1ccc(F)c(Cl)c1O)N1CCNCC1. The Bertz CT molecular complexity index is 436. The van der Waals surface area contributed by atoms with E-state index in [0.29, 0.717) is 0 Å². The molecule has 1 saturated heterocycles. The third-order valence-electron chi connectivity index (χ3n) is 3.61. The summed E-state index contributed by atoms with van der Waals surface area (Å²) in [7, 11) is 0. The summed E-state index contributed by atoms with van der Waals surface area (Å²) in [6.45, 7) is 5.85. The molecule has 19 heavy (non-hydrogen) atoms. The Hall–Kier alpha value is -0.840. The molecule has 0 aliphatic carbocycles. The fourth-order valence-corrected chi connectivity index (χ4v) is 2.80. The molecule has 1 atom stereocenters. The average Bonchev–Trinajstić information content (AvgIpc) is 2.44. The summed E-state index contributed by atoms with van der Waals surface area (Å²) in [6.07, 6.45) is 1.93. The van der Waals surface area contributed by atoms with Crippen LogP contribution in [-0.2, 0) is 0 Å². The van der Waals surface area contributed by atoms with E-state index in [1.54, 1.807) is 6.07 Å². The maximum absolute atomic E-state index is 13.3. The van der Waals surface area contributed by atoms with Crippen LogP contribution in [0.4, 0.5) is 4.39 Å². The summed E-state index contributed by atoms with van der Waals surface area (Å²) in [5.74, 6) is -0.683. The standard InChI is InChI=1S/C14H20ClFN2O/c1-2-3-12(18-8-6-17-7-9-18)10-4-5-11(16)13(15)14(10)19/h4-5,12,17,19H,2-3,6-9H2,1H3/t12-/m1/s1. The van der Waals surface area contributed by atoms with Gasteiger partial charge in [0, 0.05) is 37.8 Å². The second-order valence-electron chi connectivity index (χ2n) is 4.89. The number of phenolic OH excluding ortho intramolecular Hbond substituents is 1. The van der Waals surface area contributed by atoms with Crippen molar-refractivity contribution in [3.8, 4) is 5.75 Å². The van der Waals surface area contributed by atoms with Crippen LogP contribution >= 0.6 is 11.6 Å². The van der Waals surface area contributed by atoms with E-state index < -0.39 is 5.82 Å². The largest absolute Gasteiger partial charge is 0.506 e. The fraction of sp³-hybridized carbons (Fsp3) is 0.571. The molecule has 0 saturated carbocycles. The van der Waals surface area contributed by atoms with Gasteiger partial charge in [0.25, 0.3) is 0 Å². The first-order chi connectivity index (χ1) is 9.15. The van der Waals surface area contributed by atoms with Crippen LogP contribution in [0.5, 0.6) is 5.75 Å². The quantitative estimate of drug-likeness (QED) is 0.893. The van der Waals surface area contributed by atoms with Gasteiger partial charge in [-0.05, 0) is 12.5 Å². The van der Waals surface area contributed by atoms with Crippen molar-refractivity contribution in [1.82, 2.24) is 10.2 Å². The number of benzene rings is 1. The number of hydrogen-bond donors (Lipinski definition) is 2. The Morgan fingerprint density at radius 1 is 1.42 bits per heavy atom. The molecule has 0 unspecified atom stereocenters. The van der Waals surface area contributed by atoms with Gasteiger partial charge in [-0.3, -0.25) is 4.90 Å². The lowest BCUT2D eigenvalue weighted by Crippen LogP contribution is -2.45. The van der Waals surface area contributed by atoms with E-state index in [4.69, 9.17) is 11.6 Å². The van der Waals surface area contributed by atoms with Gasteiger partial charge in [0.2, 0.25) is 0 Å². The minimum absolute atomic E-state index is 0.102. The van der Waals surface area contributed by atoms with Crippen molar-refractivity contribution in [2.45, 2.75) is 25.8 Å². The molecule has 0 amide bonds. The molecule has 1 aromatic carbocycles. The van der Waals surface area contributed by atoms with E-state index in [1.165, 1.54) is 6.07 Å². The molecule has 5 heteroatoms. The van der Waals surface area contributed by atoms with Crippen LogP contribution in [0.15, 0.2) is 12.1 Å². The number of hydrogen-bond acceptors (Lipinski definition) is 3. The van der Waals surface area contributed by atoms with Gasteiger partial charge >= 0.3 is 0 Å². The van der Waals surface area contributed by atoms with E-state index in [0.717, 1.165) is 44.6 Å². The van der Waals surface area contributed by atoms with Crippen LogP contribution in [-0.4, -0.2) is 36.2 Å². The Kier molecular flexibility index (Phi) is 5.02. The van der Waals surface area contributed by atoms with Crippen LogP contribution in [0.25, 0.3) is 0 Å². The molecule has 0 bridgehead atoms. The summed E-state index contributed by atoms with van der Waals surface area (Å²) >= 11 is 5.81. The maximum atomic E-state index is 13.3. The predicted molar refractivity (Wildman–Crippen MR) is 75.2 cm³/mol. The average molecular weight is 287 g/mol. The summed E-state index contributed by atoms with van der Waals surface area (Å²) in [5, 5.41) is 13.2. The third-order valence-corrected chi connectivity index (χ3v) is 3.97. The lowest BCUT2D eigenvalue weighted by atomic mass is 9.98. The van der Waals surface area contributed by atoms with Crippen molar-refractivity contribution in [2.24, 2.45) is 0 Å². The highest BCUT2D eigenvalue weighted by atomic mass is 35.5. The second-order valence-corrected chi connectivity index (χ2v) is 5.27. The van der Waals surface area contributed by atoms with E-state index in [2.05, 4.69) is 17.1 Å². The number of halogens is 2. The van der Waals surface area contributed by atoms with Crippen molar-refractivity contribution in [3.05, 3.63) is 28.5 Å². The summed E-state index contributed by atoms with van der Waals surface area (Å²) < 4.78 is 13.3. The zero-order chi connectivity index (χ0) is 13.8. The molecule has 1 heterocycles. The first kappa shape index (κ1) is 14.6. The van der Waals surface area contributed by atoms with Gasteiger partial charge in [0.15, 0.2) is 0 Å². The van der Waals surface area contributed by atoms with Crippen LogP contribution in [0.1, 0.15) is 31.4 Å². The molecular weight excluding hydrogens is 267 g/mol. The molecule has 0 spiro atoms. The van der Waals surface area contributed by atoms with Crippen LogP contribution in [0, 0.1) is 5.82 Å². The summed E-state index contributed by atoms with van der Waals surface area (Å²) in [4.78, 5) is 2.32. The van der Waals surface area contributed by atoms with E-state index in [1.807, 2.05) is 0 Å². The number of rotatable bonds is 4. The van der Waals surface area contributed by atoms with Crippen LogP contribution < -0.4 is 5.32 Å². The molecule has 3 nitrogen and oxygen atoms in total. The van der Waals surface area contributed by atoms with Gasteiger partial charge in [0.1, 0.15) is 16.6 Å². The summed E-state index contributed by atoms with van der Waals surface area (Å²) in [6, 6.07) is 3.09. The molecule has 2 rings (SSSR count). The number of piperazine rings is 1. The van der Waals surface area contributed by atoms with Gasteiger partial charge in [0.05, 0.1) is 0 Å². The van der Waals surface area contributed by atoms with Crippen molar-refractivity contribution < 1.29 is 9.50 Å². The highest BCUT2D eigenvalue weighted by Gasteiger charge is 2.25. The zero-order valence-corrected chi connectivity index (χ0v) is 11.9. The Morgan fingerprint density at radius 3 is 2.74 bits per heavy atom. The Balaban J connectivity index is 2.30. The van der Waals surface area contributed by atoms with Crippen molar-refractivity contribution in [1.29, 1.82) is 0 Å². The number of nitrogens with one attached hydrogen (secondary N) is 1. The highest BCUT2D eigenvalue weighted by molar-refractivity contribution is 6.32. The second kappa shape index (κ2) is 6.55. The highest BCUT2D eigenvalue weighted by Crippen LogP contribution is 2.38. The van der Waals surface area contributed by atoms with Crippen molar-refractivity contribution in [2.75, 3.05) is 26.2 Å². The Labute approximate surface area is 118 Å². The van der Waals surface area contributed by atoms with Gasteiger partial charge in [-0.1, -0.05) is 31.0 Å². The topological polar surface area (TPSA) is 35.5 Å². The monoisotopic (exact) mass is 286 g/mol. The van der Waals surface area contributed by atoms with Crippen molar-refractivity contribution >= 4 is 11.6 Å². The minimum Gasteiger partial charge on any atom is -0.506 e. The molecule has 1 fully saturated rings. The van der Waals surface area contributed by atoms with E-state index in [9.17, 15) is 9.50 Å². The van der Waals surface area contributed by atoms with Crippen LogP contribution in [0.3, 0.4) is 0 Å². The zero-order valence-electron chi connectivity index (χ0n) is 11.1. The smallest absolute Gasteiger partial charge is 0.145 e. The number of aromatic hydroxyl groups is 1. The first-order valence-corrected chi connectivity index (χ1v) is 7.14. The minimum atomic E-state index is -0.571. The van der Waals surface area contributed by atoms with E-state index >= 15 is 0 Å². The molecule has 1 aliphatic heterocycles.